The van der Waals surface area contributed by atoms with Crippen molar-refractivity contribution in [2.75, 3.05) is 26.2 Å². The molecule has 0 saturated carbocycles. The highest BCUT2D eigenvalue weighted by molar-refractivity contribution is 5.78. The van der Waals surface area contributed by atoms with E-state index in [1.165, 1.54) is 0 Å². The number of piperidine rings is 1. The highest BCUT2D eigenvalue weighted by Crippen LogP contribution is 2.19. The van der Waals surface area contributed by atoms with Gasteiger partial charge in [0.25, 0.3) is 0 Å². The van der Waals surface area contributed by atoms with Gasteiger partial charge in [-0.05, 0) is 25.8 Å². The van der Waals surface area contributed by atoms with Crippen LogP contribution in [0.4, 0.5) is 0 Å². The van der Waals surface area contributed by atoms with Gasteiger partial charge in [0.2, 0.25) is 5.91 Å². The molecule has 0 radical (unpaired) electrons. The summed E-state index contributed by atoms with van der Waals surface area (Å²) in [6.45, 7) is 4.91. The first kappa shape index (κ1) is 14.0. The Balaban J connectivity index is 2.48. The zero-order valence-electron chi connectivity index (χ0n) is 10.6. The van der Waals surface area contributed by atoms with Crippen molar-refractivity contribution in [3.63, 3.8) is 0 Å². The second-order valence-electron chi connectivity index (χ2n) is 4.50. The van der Waals surface area contributed by atoms with Gasteiger partial charge < -0.3 is 11.1 Å². The van der Waals surface area contributed by atoms with Crippen LogP contribution in [-0.2, 0) is 4.79 Å². The molecule has 4 nitrogen and oxygen atoms in total. The summed E-state index contributed by atoms with van der Waals surface area (Å²) in [5, 5.41) is 2.86. The molecule has 96 valence electrons. The Hall–Kier alpha value is -1.05. The molecule has 1 amide bonds. The maximum atomic E-state index is 11.9. The molecule has 1 fully saturated rings. The molecule has 1 saturated heterocycles. The number of rotatable bonds is 5. The minimum Gasteiger partial charge on any atom is -0.355 e. The summed E-state index contributed by atoms with van der Waals surface area (Å²) in [4.78, 5) is 14.1. The van der Waals surface area contributed by atoms with Crippen molar-refractivity contribution in [2.45, 2.75) is 32.2 Å². The number of carbonyl (C=O) groups excluding carboxylic acids is 1. The zero-order valence-corrected chi connectivity index (χ0v) is 10.6. The van der Waals surface area contributed by atoms with E-state index in [1.54, 1.807) is 0 Å². The number of nitrogens with two attached hydrogens (primary N) is 1. The summed E-state index contributed by atoms with van der Waals surface area (Å²) in [5.74, 6) is 2.98. The lowest BCUT2D eigenvalue weighted by atomic mass is 9.95. The van der Waals surface area contributed by atoms with Crippen molar-refractivity contribution in [3.05, 3.63) is 0 Å². The molecular weight excluding hydrogens is 214 g/mol. The Kier molecular flexibility index (Phi) is 6.03. The van der Waals surface area contributed by atoms with Gasteiger partial charge in [-0.3, -0.25) is 9.69 Å². The predicted molar refractivity (Wildman–Crippen MR) is 69.3 cm³/mol. The van der Waals surface area contributed by atoms with E-state index in [9.17, 15) is 4.79 Å². The molecular formula is C13H23N3O. The second kappa shape index (κ2) is 7.31. The van der Waals surface area contributed by atoms with Gasteiger partial charge in [0.05, 0.1) is 12.0 Å². The van der Waals surface area contributed by atoms with Crippen molar-refractivity contribution in [1.82, 2.24) is 10.2 Å². The van der Waals surface area contributed by atoms with Gasteiger partial charge in [0.15, 0.2) is 0 Å². The van der Waals surface area contributed by atoms with Gasteiger partial charge in [-0.25, -0.2) is 0 Å². The number of hydrogen-bond acceptors (Lipinski definition) is 3. The number of nitrogens with one attached hydrogen (secondary N) is 1. The fourth-order valence-electron chi connectivity index (χ4n) is 2.32. The summed E-state index contributed by atoms with van der Waals surface area (Å²) >= 11 is 0. The quantitative estimate of drug-likeness (QED) is 0.671. The van der Waals surface area contributed by atoms with E-state index in [-0.39, 0.29) is 17.9 Å². The molecule has 2 atom stereocenters. The fraction of sp³-hybridized carbons (Fsp3) is 0.769. The van der Waals surface area contributed by atoms with Gasteiger partial charge in [-0.15, -0.1) is 6.42 Å². The lowest BCUT2D eigenvalue weighted by molar-refractivity contribution is -0.126. The fourth-order valence-corrected chi connectivity index (χ4v) is 2.32. The van der Waals surface area contributed by atoms with Crippen molar-refractivity contribution < 1.29 is 4.79 Å². The number of terminal acetylenes is 1. The van der Waals surface area contributed by atoms with E-state index in [0.717, 1.165) is 32.4 Å². The zero-order chi connectivity index (χ0) is 12.7. The smallest absolute Gasteiger partial charge is 0.224 e. The van der Waals surface area contributed by atoms with Gasteiger partial charge >= 0.3 is 0 Å². The van der Waals surface area contributed by atoms with Crippen molar-refractivity contribution in [2.24, 2.45) is 11.7 Å². The third-order valence-electron chi connectivity index (χ3n) is 3.29. The molecule has 3 N–H and O–H groups in total. The van der Waals surface area contributed by atoms with E-state index >= 15 is 0 Å². The van der Waals surface area contributed by atoms with Crippen LogP contribution in [0.15, 0.2) is 0 Å². The Morgan fingerprint density at radius 3 is 3.06 bits per heavy atom. The third kappa shape index (κ3) is 4.03. The summed E-state index contributed by atoms with van der Waals surface area (Å²) in [7, 11) is 0. The Bertz CT molecular complexity index is 285. The first-order valence-electron chi connectivity index (χ1n) is 6.40. The molecule has 0 bridgehead atoms. The first-order chi connectivity index (χ1) is 8.22. The summed E-state index contributed by atoms with van der Waals surface area (Å²) < 4.78 is 0. The maximum Gasteiger partial charge on any atom is 0.224 e. The van der Waals surface area contributed by atoms with Crippen LogP contribution in [0.5, 0.6) is 0 Å². The van der Waals surface area contributed by atoms with Crippen LogP contribution in [0.3, 0.4) is 0 Å². The van der Waals surface area contributed by atoms with E-state index in [0.29, 0.717) is 13.1 Å². The van der Waals surface area contributed by atoms with Crippen molar-refractivity contribution in [3.8, 4) is 12.3 Å². The topological polar surface area (TPSA) is 58.4 Å². The van der Waals surface area contributed by atoms with Gasteiger partial charge in [-0.1, -0.05) is 12.8 Å². The maximum absolute atomic E-state index is 11.9. The molecule has 0 aromatic heterocycles. The molecule has 1 rings (SSSR count). The number of amides is 1. The van der Waals surface area contributed by atoms with Gasteiger partial charge in [0, 0.05) is 19.6 Å². The second-order valence-corrected chi connectivity index (χ2v) is 4.50. The van der Waals surface area contributed by atoms with Crippen LogP contribution in [0.2, 0.25) is 0 Å². The van der Waals surface area contributed by atoms with E-state index in [4.69, 9.17) is 12.2 Å². The van der Waals surface area contributed by atoms with Crippen molar-refractivity contribution in [1.29, 1.82) is 0 Å². The molecule has 4 heteroatoms. The predicted octanol–water partition coefficient (Wildman–Crippen LogP) is 0.185. The summed E-state index contributed by atoms with van der Waals surface area (Å²) in [6.07, 6.45) is 8.44. The van der Waals surface area contributed by atoms with Gasteiger partial charge in [-0.2, -0.15) is 0 Å². The minimum absolute atomic E-state index is 0.0673. The molecule has 1 aliphatic heterocycles. The van der Waals surface area contributed by atoms with Gasteiger partial charge in [0.1, 0.15) is 0 Å². The van der Waals surface area contributed by atoms with E-state index in [2.05, 4.69) is 23.1 Å². The Morgan fingerprint density at radius 1 is 1.71 bits per heavy atom. The summed E-state index contributed by atoms with van der Waals surface area (Å²) in [5.41, 5.74) is 5.37. The van der Waals surface area contributed by atoms with Crippen LogP contribution in [0.1, 0.15) is 26.2 Å². The first-order valence-corrected chi connectivity index (χ1v) is 6.40. The Morgan fingerprint density at radius 2 is 2.47 bits per heavy atom. The van der Waals surface area contributed by atoms with Crippen LogP contribution in [-0.4, -0.2) is 43.0 Å². The molecule has 0 aromatic rings. The molecule has 0 spiro atoms. The molecule has 1 heterocycles. The van der Waals surface area contributed by atoms with Crippen LogP contribution in [0, 0.1) is 18.3 Å². The van der Waals surface area contributed by atoms with Crippen molar-refractivity contribution >= 4 is 5.91 Å². The standard InChI is InChI=1S/C13H23N3O/c1-3-12(4-2)16-9-5-6-11(10-16)13(17)15-8-7-14/h1,11-12H,4-10,14H2,2H3,(H,15,17). The molecule has 1 aliphatic rings. The SMILES string of the molecule is C#CC(CC)N1CCCC(C(=O)NCCN)C1. The molecule has 0 aliphatic carbocycles. The minimum atomic E-state index is 0.0673. The lowest BCUT2D eigenvalue weighted by Gasteiger charge is -2.35. The van der Waals surface area contributed by atoms with E-state index in [1.807, 2.05) is 0 Å². The molecule has 2 unspecified atom stereocenters. The number of nitrogens with zero attached hydrogens (tertiary/aromatic N) is 1. The average Bonchev–Trinajstić information content (AvgIpc) is 2.38. The van der Waals surface area contributed by atoms with Crippen LogP contribution in [0.25, 0.3) is 0 Å². The van der Waals surface area contributed by atoms with Crippen LogP contribution < -0.4 is 11.1 Å². The number of carbonyl (C=O) groups is 1. The number of likely N-dealkylation sites (tertiary alicyclic amines) is 1. The molecule has 0 aromatic carbocycles. The normalized spacial score (nSPS) is 22.8. The highest BCUT2D eigenvalue weighted by atomic mass is 16.1. The molecule has 17 heavy (non-hydrogen) atoms. The van der Waals surface area contributed by atoms with E-state index < -0.39 is 0 Å². The number of hydrogen-bond donors (Lipinski definition) is 2. The monoisotopic (exact) mass is 237 g/mol. The highest BCUT2D eigenvalue weighted by Gasteiger charge is 2.28. The third-order valence-corrected chi connectivity index (χ3v) is 3.29. The average molecular weight is 237 g/mol. The van der Waals surface area contributed by atoms with Crippen LogP contribution >= 0.6 is 0 Å². The summed E-state index contributed by atoms with van der Waals surface area (Å²) in [6, 6.07) is 0.167. The lowest BCUT2D eigenvalue weighted by Crippen LogP contribution is -2.47. The largest absolute Gasteiger partial charge is 0.355 e. The Labute approximate surface area is 104 Å².